The van der Waals surface area contributed by atoms with Gasteiger partial charge in [-0.1, -0.05) is 12.7 Å². The molecule has 0 bridgehead atoms. The van der Waals surface area contributed by atoms with Gasteiger partial charge in [0.25, 0.3) is 0 Å². The molecule has 0 radical (unpaired) electrons. The number of hydrogen-bond acceptors (Lipinski definition) is 0. The minimum atomic E-state index is -10.7. The maximum absolute atomic E-state index is 10.7. The summed E-state index contributed by atoms with van der Waals surface area (Å²) in [7, 11) is -10.7. The fourth-order valence-electron chi connectivity index (χ4n) is 0.883. The number of halogens is 6. The van der Waals surface area contributed by atoms with Crippen LogP contribution in [-0.4, -0.2) is 4.57 Å². The first-order valence-electron chi connectivity index (χ1n) is 4.54. The van der Waals surface area contributed by atoms with E-state index in [-0.39, 0.29) is 0 Å². The van der Waals surface area contributed by atoms with E-state index in [9.17, 15) is 25.2 Å². The molecule has 0 N–H and O–H groups in total. The van der Waals surface area contributed by atoms with Crippen LogP contribution in [-0.2, 0) is 13.1 Å². The molecule has 0 atom stereocenters. The monoisotopic (exact) mass is 282 g/mol. The molecule has 1 aromatic heterocycles. The van der Waals surface area contributed by atoms with Crippen LogP contribution in [0.2, 0.25) is 0 Å². The second kappa shape index (κ2) is 4.33. The zero-order chi connectivity index (χ0) is 13.8. The third-order valence-corrected chi connectivity index (χ3v) is 1.45. The van der Waals surface area contributed by atoms with Crippen LogP contribution in [0.4, 0.5) is 25.2 Å². The summed E-state index contributed by atoms with van der Waals surface area (Å²) in [5.74, 6) is 0. The van der Waals surface area contributed by atoms with E-state index >= 15 is 0 Å². The van der Waals surface area contributed by atoms with Crippen molar-refractivity contribution in [2.45, 2.75) is 20.0 Å². The Morgan fingerprint density at radius 1 is 1.24 bits per heavy atom. The second-order valence-corrected chi connectivity index (χ2v) is 5.10. The van der Waals surface area contributed by atoms with Crippen LogP contribution in [0.5, 0.6) is 0 Å². The molecule has 1 heterocycles. The van der Waals surface area contributed by atoms with Gasteiger partial charge >= 0.3 is 33.0 Å². The average Bonchev–Trinajstić information content (AvgIpc) is 2.47. The van der Waals surface area contributed by atoms with E-state index in [1.165, 1.54) is 0 Å². The molecular formula is C8H13F6N2P. The van der Waals surface area contributed by atoms with E-state index in [0.29, 0.717) is 0 Å². The van der Waals surface area contributed by atoms with Crippen molar-refractivity contribution in [3.05, 3.63) is 31.4 Å². The normalized spacial score (nSPS) is 15.2. The molecule has 102 valence electrons. The van der Waals surface area contributed by atoms with Gasteiger partial charge < -0.3 is 0 Å². The number of imidazole rings is 1. The molecule has 1 aromatic rings. The third kappa shape index (κ3) is 15.0. The molecule has 0 amide bonds. The Hall–Kier alpha value is -1.04. The summed E-state index contributed by atoms with van der Waals surface area (Å²) in [6.45, 7) is 7.71. The van der Waals surface area contributed by atoms with Crippen LogP contribution in [0.3, 0.4) is 0 Å². The van der Waals surface area contributed by atoms with E-state index in [0.717, 1.165) is 13.1 Å². The molecule has 9 heteroatoms. The summed E-state index contributed by atoms with van der Waals surface area (Å²) >= 11 is 0. The van der Waals surface area contributed by atoms with Crippen LogP contribution in [0.15, 0.2) is 31.4 Å². The van der Waals surface area contributed by atoms with Gasteiger partial charge in [0.1, 0.15) is 18.9 Å². The van der Waals surface area contributed by atoms with Crippen LogP contribution in [0.1, 0.15) is 6.92 Å². The number of nitrogens with zero attached hydrogens (tertiary/aromatic N) is 2. The topological polar surface area (TPSA) is 8.81 Å². The van der Waals surface area contributed by atoms with Crippen molar-refractivity contribution < 1.29 is 29.7 Å². The summed E-state index contributed by atoms with van der Waals surface area (Å²) < 4.78 is 63.4. The number of aryl methyl sites for hydroxylation is 1. The van der Waals surface area contributed by atoms with Gasteiger partial charge in [0.2, 0.25) is 6.33 Å². The number of rotatable bonds is 3. The summed E-state index contributed by atoms with van der Waals surface area (Å²) in [5.41, 5.74) is 0. The van der Waals surface area contributed by atoms with Crippen LogP contribution in [0, 0.1) is 0 Å². The van der Waals surface area contributed by atoms with Crippen molar-refractivity contribution in [1.82, 2.24) is 4.57 Å². The summed E-state index contributed by atoms with van der Waals surface area (Å²) in [6.07, 6.45) is 8.07. The first-order valence-corrected chi connectivity index (χ1v) is 6.56. The molecule has 0 saturated heterocycles. The second-order valence-electron chi connectivity index (χ2n) is 3.19. The standard InChI is InChI=1S/C8H13N2.F6P/c1-3-5-10-7-6-9(4-2)8-10;1-7(2,3,4,5)6/h3,6-8H,1,4-5H2,2H3;/q+1;-1. The quantitative estimate of drug-likeness (QED) is 0.337. The Morgan fingerprint density at radius 2 is 1.71 bits per heavy atom. The zero-order valence-corrected chi connectivity index (χ0v) is 9.93. The molecule has 0 aliphatic carbocycles. The van der Waals surface area contributed by atoms with E-state index in [2.05, 4.69) is 35.2 Å². The Morgan fingerprint density at radius 3 is 2.00 bits per heavy atom. The molecule has 0 saturated carbocycles. The van der Waals surface area contributed by atoms with Gasteiger partial charge in [0.15, 0.2) is 0 Å². The number of hydrogen-bond donors (Lipinski definition) is 0. The van der Waals surface area contributed by atoms with Crippen LogP contribution >= 0.6 is 7.81 Å². The molecule has 1 rings (SSSR count). The van der Waals surface area contributed by atoms with E-state index in [1.807, 2.05) is 12.3 Å². The van der Waals surface area contributed by atoms with E-state index in [1.54, 1.807) is 0 Å². The molecular weight excluding hydrogens is 269 g/mol. The van der Waals surface area contributed by atoms with E-state index in [4.69, 9.17) is 0 Å². The van der Waals surface area contributed by atoms with Gasteiger partial charge in [-0.3, -0.25) is 0 Å². The average molecular weight is 282 g/mol. The predicted octanol–water partition coefficient (Wildman–Crippen LogP) is 4.36. The minimum absolute atomic E-state index is 0.896. The Kier molecular flexibility index (Phi) is 4.06. The first-order chi connectivity index (χ1) is 7.31. The van der Waals surface area contributed by atoms with Gasteiger partial charge in [-0.05, 0) is 6.92 Å². The van der Waals surface area contributed by atoms with Gasteiger partial charge in [-0.25, -0.2) is 9.13 Å². The summed E-state index contributed by atoms with van der Waals surface area (Å²) in [6, 6.07) is 0. The molecule has 17 heavy (non-hydrogen) atoms. The van der Waals surface area contributed by atoms with E-state index < -0.39 is 7.81 Å². The SMILES string of the molecule is C=CC[n+]1ccn(CC)c1.F[P-](F)(F)(F)(F)F. The van der Waals surface area contributed by atoms with Crippen molar-refractivity contribution >= 4 is 7.81 Å². The number of allylic oxidation sites excluding steroid dienone is 1. The fourth-order valence-corrected chi connectivity index (χ4v) is 0.883. The molecule has 0 fully saturated rings. The number of aromatic nitrogens is 2. The fraction of sp³-hybridized carbons (Fsp3) is 0.375. The molecule has 2 nitrogen and oxygen atoms in total. The molecule has 0 aliphatic rings. The Labute approximate surface area is 94.4 Å². The van der Waals surface area contributed by atoms with Gasteiger partial charge in [-0.15, -0.1) is 0 Å². The van der Waals surface area contributed by atoms with Crippen molar-refractivity contribution in [3.63, 3.8) is 0 Å². The van der Waals surface area contributed by atoms with Crippen LogP contribution < -0.4 is 4.57 Å². The van der Waals surface area contributed by atoms with Crippen molar-refractivity contribution in [3.8, 4) is 0 Å². The van der Waals surface area contributed by atoms with Gasteiger partial charge in [0.05, 0.1) is 6.54 Å². The molecule has 0 aromatic carbocycles. The maximum atomic E-state index is 9.87. The Bertz CT molecular complexity index is 367. The van der Waals surface area contributed by atoms with Crippen molar-refractivity contribution in [2.75, 3.05) is 0 Å². The summed E-state index contributed by atoms with van der Waals surface area (Å²) in [4.78, 5) is 0. The molecule has 0 unspecified atom stereocenters. The summed E-state index contributed by atoms with van der Waals surface area (Å²) in [5, 5.41) is 0. The van der Waals surface area contributed by atoms with Crippen molar-refractivity contribution in [1.29, 1.82) is 0 Å². The first kappa shape index (κ1) is 16.0. The van der Waals surface area contributed by atoms with Gasteiger partial charge in [0, 0.05) is 0 Å². The van der Waals surface area contributed by atoms with Gasteiger partial charge in [-0.2, -0.15) is 0 Å². The molecule has 0 aliphatic heterocycles. The van der Waals surface area contributed by atoms with Crippen molar-refractivity contribution in [2.24, 2.45) is 0 Å². The third-order valence-electron chi connectivity index (χ3n) is 1.45. The molecule has 0 spiro atoms. The Balaban J connectivity index is 0.000000325. The zero-order valence-electron chi connectivity index (χ0n) is 9.04. The predicted molar refractivity (Wildman–Crippen MR) is 54.1 cm³/mol. The van der Waals surface area contributed by atoms with Crippen LogP contribution in [0.25, 0.3) is 0 Å².